The van der Waals surface area contributed by atoms with Gasteiger partial charge in [0, 0.05) is 59.2 Å². The molecule has 0 aromatic carbocycles. The Balaban J connectivity index is 0.000000567. The van der Waals surface area contributed by atoms with Gasteiger partial charge in [-0.15, -0.1) is 0 Å². The van der Waals surface area contributed by atoms with Crippen molar-refractivity contribution in [2.45, 2.75) is 53.5 Å². The summed E-state index contributed by atoms with van der Waals surface area (Å²) in [4.78, 5) is 39.2. The Morgan fingerprint density at radius 2 is 1.50 bits per heavy atom. The Labute approximate surface area is 171 Å². The van der Waals surface area contributed by atoms with E-state index in [9.17, 15) is 14.4 Å². The Hall–Kier alpha value is -1.83. The average Bonchev–Trinajstić information content (AvgIpc) is 3.04. The van der Waals surface area contributed by atoms with Gasteiger partial charge in [0.25, 0.3) is 0 Å². The van der Waals surface area contributed by atoms with Crippen LogP contribution in [0.15, 0.2) is 0 Å². The second-order valence-corrected chi connectivity index (χ2v) is 7.84. The number of likely N-dealkylation sites (tertiary alicyclic amines) is 2. The molecule has 1 atom stereocenters. The first kappa shape index (κ1) is 26.2. The highest BCUT2D eigenvalue weighted by atomic mass is 16.2. The highest BCUT2D eigenvalue weighted by Gasteiger charge is 2.25. The molecule has 2 rings (SSSR count). The predicted octanol–water partition coefficient (Wildman–Crippen LogP) is 1.37. The minimum Gasteiger partial charge on any atom is -0.343 e. The van der Waals surface area contributed by atoms with Gasteiger partial charge in [-0.1, -0.05) is 14.4 Å². The van der Waals surface area contributed by atoms with E-state index in [1.807, 2.05) is 23.9 Å². The fourth-order valence-corrected chi connectivity index (χ4v) is 3.12. The summed E-state index contributed by atoms with van der Waals surface area (Å²) < 4.78 is 0. The van der Waals surface area contributed by atoms with Crippen molar-refractivity contribution >= 4 is 17.8 Å². The van der Waals surface area contributed by atoms with Crippen molar-refractivity contribution in [2.24, 2.45) is 5.92 Å². The molecule has 0 bridgehead atoms. The third-order valence-electron chi connectivity index (χ3n) is 5.04. The normalized spacial score (nSPS) is 19.4. The minimum absolute atomic E-state index is 0. The van der Waals surface area contributed by atoms with Gasteiger partial charge < -0.3 is 25.3 Å². The lowest BCUT2D eigenvalue weighted by Crippen LogP contribution is -2.45. The molecule has 0 saturated carbocycles. The van der Waals surface area contributed by atoms with Crippen LogP contribution in [0.3, 0.4) is 0 Å². The standard InChI is InChI=1S/C11H22N4O2.C8H15NO.CH4/c1-9(16)15-6-4-10(8-15)13-11(17)12-5-7-14(2)3;1-7-3-5-9(6-4-7)8(2)10;/h10H,4-8H2,1-3H3,(H2,12,13,17);7H,3-6H2,1-2H3;1H4/t10-;;/m1../s1. The molecule has 0 aliphatic carbocycles. The van der Waals surface area contributed by atoms with Crippen LogP contribution in [0.5, 0.6) is 0 Å². The van der Waals surface area contributed by atoms with Crippen LogP contribution in [0, 0.1) is 5.92 Å². The summed E-state index contributed by atoms with van der Waals surface area (Å²) in [5.41, 5.74) is 0. The molecule has 28 heavy (non-hydrogen) atoms. The first-order valence-corrected chi connectivity index (χ1v) is 9.89. The van der Waals surface area contributed by atoms with Gasteiger partial charge in [0.2, 0.25) is 11.8 Å². The zero-order chi connectivity index (χ0) is 20.4. The summed E-state index contributed by atoms with van der Waals surface area (Å²) >= 11 is 0. The molecule has 0 aromatic rings. The largest absolute Gasteiger partial charge is 0.343 e. The Morgan fingerprint density at radius 3 is 1.96 bits per heavy atom. The highest BCUT2D eigenvalue weighted by molar-refractivity contribution is 5.75. The summed E-state index contributed by atoms with van der Waals surface area (Å²) in [7, 11) is 3.92. The number of likely N-dealkylation sites (N-methyl/N-ethyl adjacent to an activating group) is 1. The maximum atomic E-state index is 11.5. The lowest BCUT2D eigenvalue weighted by Gasteiger charge is -2.29. The van der Waals surface area contributed by atoms with Gasteiger partial charge in [-0.05, 0) is 39.3 Å². The molecule has 2 aliphatic rings. The molecular weight excluding hydrogens is 358 g/mol. The van der Waals surface area contributed by atoms with Crippen LogP contribution in [0.4, 0.5) is 4.79 Å². The van der Waals surface area contributed by atoms with E-state index in [-0.39, 0.29) is 31.3 Å². The maximum Gasteiger partial charge on any atom is 0.315 e. The van der Waals surface area contributed by atoms with Crippen molar-refractivity contribution in [3.63, 3.8) is 0 Å². The first-order chi connectivity index (χ1) is 12.7. The SMILES string of the molecule is C.CC(=O)N1CCC(C)CC1.CC(=O)N1CC[C@@H](NC(=O)NCCN(C)C)C1. The van der Waals surface area contributed by atoms with Crippen molar-refractivity contribution in [1.82, 2.24) is 25.3 Å². The van der Waals surface area contributed by atoms with Crippen molar-refractivity contribution in [2.75, 3.05) is 53.4 Å². The number of urea groups is 1. The zero-order valence-electron chi connectivity index (χ0n) is 17.6. The van der Waals surface area contributed by atoms with Gasteiger partial charge in [-0.2, -0.15) is 0 Å². The molecule has 164 valence electrons. The molecule has 2 saturated heterocycles. The molecule has 2 aliphatic heterocycles. The Kier molecular flexibility index (Phi) is 12.5. The van der Waals surface area contributed by atoms with E-state index >= 15 is 0 Å². The van der Waals surface area contributed by atoms with Gasteiger partial charge in [-0.25, -0.2) is 4.79 Å². The third-order valence-corrected chi connectivity index (χ3v) is 5.04. The van der Waals surface area contributed by atoms with E-state index in [2.05, 4.69) is 17.6 Å². The van der Waals surface area contributed by atoms with Gasteiger partial charge in [0.15, 0.2) is 0 Å². The Bertz CT molecular complexity index is 490. The Morgan fingerprint density at radius 1 is 0.964 bits per heavy atom. The predicted molar refractivity (Wildman–Crippen MR) is 113 cm³/mol. The van der Waals surface area contributed by atoms with E-state index in [4.69, 9.17) is 0 Å². The van der Waals surface area contributed by atoms with Crippen LogP contribution in [0.1, 0.15) is 47.5 Å². The molecular formula is C20H41N5O3. The topological polar surface area (TPSA) is 85.0 Å². The molecule has 8 nitrogen and oxygen atoms in total. The number of piperidine rings is 1. The van der Waals surface area contributed by atoms with Crippen LogP contribution in [-0.2, 0) is 9.59 Å². The second-order valence-electron chi connectivity index (χ2n) is 7.84. The summed E-state index contributed by atoms with van der Waals surface area (Å²) in [5, 5.41) is 5.66. The number of nitrogens with zero attached hydrogens (tertiary/aromatic N) is 3. The van der Waals surface area contributed by atoms with Crippen LogP contribution in [-0.4, -0.2) is 92.0 Å². The fraction of sp³-hybridized carbons (Fsp3) is 0.850. The average molecular weight is 400 g/mol. The van der Waals surface area contributed by atoms with Gasteiger partial charge in [-0.3, -0.25) is 9.59 Å². The molecule has 4 amide bonds. The van der Waals surface area contributed by atoms with Gasteiger partial charge >= 0.3 is 6.03 Å². The van der Waals surface area contributed by atoms with E-state index in [0.29, 0.717) is 13.1 Å². The van der Waals surface area contributed by atoms with Crippen molar-refractivity contribution < 1.29 is 14.4 Å². The van der Waals surface area contributed by atoms with E-state index < -0.39 is 0 Å². The van der Waals surface area contributed by atoms with E-state index in [0.717, 1.165) is 38.5 Å². The van der Waals surface area contributed by atoms with Crippen molar-refractivity contribution in [1.29, 1.82) is 0 Å². The van der Waals surface area contributed by atoms with Gasteiger partial charge in [0.1, 0.15) is 0 Å². The minimum atomic E-state index is -0.151. The molecule has 0 unspecified atom stereocenters. The van der Waals surface area contributed by atoms with Crippen LogP contribution in [0.2, 0.25) is 0 Å². The molecule has 0 radical (unpaired) electrons. The van der Waals surface area contributed by atoms with Crippen LogP contribution >= 0.6 is 0 Å². The van der Waals surface area contributed by atoms with Gasteiger partial charge in [0.05, 0.1) is 0 Å². The highest BCUT2D eigenvalue weighted by Crippen LogP contribution is 2.15. The summed E-state index contributed by atoms with van der Waals surface area (Å²) in [6, 6.07) is -0.0690. The fourth-order valence-electron chi connectivity index (χ4n) is 3.12. The lowest BCUT2D eigenvalue weighted by atomic mass is 9.99. The number of hydrogen-bond donors (Lipinski definition) is 2. The third kappa shape index (κ3) is 10.5. The molecule has 2 fully saturated rings. The second kappa shape index (κ2) is 13.4. The monoisotopic (exact) mass is 399 g/mol. The molecule has 0 aromatic heterocycles. The number of rotatable bonds is 4. The van der Waals surface area contributed by atoms with Crippen molar-refractivity contribution in [3.05, 3.63) is 0 Å². The molecule has 8 heteroatoms. The number of amides is 4. The quantitative estimate of drug-likeness (QED) is 0.748. The summed E-state index contributed by atoms with van der Waals surface area (Å²) in [5.74, 6) is 1.12. The van der Waals surface area contributed by atoms with Crippen molar-refractivity contribution in [3.8, 4) is 0 Å². The zero-order valence-corrected chi connectivity index (χ0v) is 17.6. The number of nitrogens with one attached hydrogen (secondary N) is 2. The number of hydrogen-bond acceptors (Lipinski definition) is 4. The molecule has 2 heterocycles. The smallest absolute Gasteiger partial charge is 0.315 e. The maximum absolute atomic E-state index is 11.5. The van der Waals surface area contributed by atoms with Crippen LogP contribution < -0.4 is 10.6 Å². The molecule has 0 spiro atoms. The summed E-state index contributed by atoms with van der Waals surface area (Å²) in [6.45, 7) is 10.2. The number of carbonyl (C=O) groups excluding carboxylic acids is 3. The van der Waals surface area contributed by atoms with E-state index in [1.54, 1.807) is 18.7 Å². The van der Waals surface area contributed by atoms with E-state index in [1.165, 1.54) is 12.8 Å². The summed E-state index contributed by atoms with van der Waals surface area (Å²) in [6.07, 6.45) is 3.19. The van der Waals surface area contributed by atoms with Crippen LogP contribution in [0.25, 0.3) is 0 Å². The first-order valence-electron chi connectivity index (χ1n) is 9.89. The lowest BCUT2D eigenvalue weighted by molar-refractivity contribution is -0.130. The number of carbonyl (C=O) groups is 3. The molecule has 2 N–H and O–H groups in total.